The SMILES string of the molecule is CCCCCCCCCCCCCCCCCCSc1c2c(c3ccccc3c1O)OC(=O)C2. The van der Waals surface area contributed by atoms with Crippen molar-refractivity contribution >= 4 is 28.5 Å². The Hall–Kier alpha value is -1.68. The quantitative estimate of drug-likeness (QED) is 0.0990. The maximum atomic E-state index is 11.9. The van der Waals surface area contributed by atoms with Gasteiger partial charge in [-0.2, -0.15) is 0 Å². The monoisotopic (exact) mass is 484 g/mol. The molecule has 1 N–H and O–H groups in total. The van der Waals surface area contributed by atoms with E-state index < -0.39 is 0 Å². The smallest absolute Gasteiger partial charge is 0.315 e. The highest BCUT2D eigenvalue weighted by atomic mass is 32.2. The Morgan fingerprint density at radius 1 is 0.765 bits per heavy atom. The zero-order chi connectivity index (χ0) is 24.0. The summed E-state index contributed by atoms with van der Waals surface area (Å²) in [7, 11) is 0. The number of fused-ring (bicyclic) bond motifs is 3. The highest BCUT2D eigenvalue weighted by molar-refractivity contribution is 7.99. The van der Waals surface area contributed by atoms with E-state index in [0.29, 0.717) is 11.5 Å². The van der Waals surface area contributed by atoms with Crippen LogP contribution in [0, 0.1) is 0 Å². The summed E-state index contributed by atoms with van der Waals surface area (Å²) in [6.45, 7) is 2.28. The van der Waals surface area contributed by atoms with Crippen LogP contribution in [0.25, 0.3) is 10.8 Å². The number of phenolic OH excluding ortho intramolecular Hbond substituents is 1. The average Bonchev–Trinajstić information content (AvgIpc) is 3.24. The molecule has 0 bridgehead atoms. The van der Waals surface area contributed by atoms with Gasteiger partial charge in [-0.3, -0.25) is 4.79 Å². The lowest BCUT2D eigenvalue weighted by Crippen LogP contribution is -2.00. The first-order valence-electron chi connectivity index (χ1n) is 13.8. The third-order valence-corrected chi connectivity index (χ3v) is 8.19. The van der Waals surface area contributed by atoms with Gasteiger partial charge in [-0.1, -0.05) is 128 Å². The zero-order valence-electron chi connectivity index (χ0n) is 21.2. The summed E-state index contributed by atoms with van der Waals surface area (Å²) in [5, 5.41) is 12.4. The largest absolute Gasteiger partial charge is 0.506 e. The zero-order valence-corrected chi connectivity index (χ0v) is 22.0. The molecule has 34 heavy (non-hydrogen) atoms. The molecule has 0 aliphatic carbocycles. The molecule has 0 atom stereocenters. The highest BCUT2D eigenvalue weighted by Gasteiger charge is 2.29. The first-order chi connectivity index (χ1) is 16.7. The Bertz CT molecular complexity index is 892. The Morgan fingerprint density at radius 3 is 1.82 bits per heavy atom. The molecule has 0 aromatic heterocycles. The Morgan fingerprint density at radius 2 is 1.26 bits per heavy atom. The van der Waals surface area contributed by atoms with Crippen LogP contribution in [0.1, 0.15) is 115 Å². The summed E-state index contributed by atoms with van der Waals surface area (Å²) >= 11 is 1.67. The molecule has 0 saturated carbocycles. The molecule has 3 nitrogen and oxygen atoms in total. The van der Waals surface area contributed by atoms with Crippen LogP contribution in [-0.4, -0.2) is 16.8 Å². The van der Waals surface area contributed by atoms with Crippen LogP contribution < -0.4 is 4.74 Å². The number of ether oxygens (including phenoxy) is 1. The number of carbonyl (C=O) groups is 1. The predicted molar refractivity (Wildman–Crippen MR) is 145 cm³/mol. The van der Waals surface area contributed by atoms with Crippen LogP contribution in [-0.2, 0) is 11.2 Å². The number of benzene rings is 2. The number of esters is 1. The maximum absolute atomic E-state index is 11.9. The van der Waals surface area contributed by atoms with E-state index in [0.717, 1.165) is 33.4 Å². The van der Waals surface area contributed by atoms with Crippen molar-refractivity contribution in [3.63, 3.8) is 0 Å². The van der Waals surface area contributed by atoms with Gasteiger partial charge in [-0.25, -0.2) is 0 Å². The number of hydrogen-bond donors (Lipinski definition) is 1. The molecule has 2 aromatic rings. The average molecular weight is 485 g/mol. The van der Waals surface area contributed by atoms with Crippen LogP contribution in [0.15, 0.2) is 29.2 Å². The number of phenols is 1. The summed E-state index contributed by atoms with van der Waals surface area (Å²) < 4.78 is 5.49. The van der Waals surface area contributed by atoms with E-state index in [2.05, 4.69) is 6.92 Å². The number of unbranched alkanes of at least 4 members (excludes halogenated alkanes) is 15. The lowest BCUT2D eigenvalue weighted by Gasteiger charge is -2.13. The number of rotatable bonds is 18. The molecule has 188 valence electrons. The van der Waals surface area contributed by atoms with E-state index in [4.69, 9.17) is 4.74 Å². The van der Waals surface area contributed by atoms with Crippen LogP contribution in [0.2, 0.25) is 0 Å². The second-order valence-corrected chi connectivity index (χ2v) is 10.9. The van der Waals surface area contributed by atoms with Crippen molar-refractivity contribution in [3.05, 3.63) is 29.8 Å². The molecule has 0 spiro atoms. The molecular weight excluding hydrogens is 440 g/mol. The van der Waals surface area contributed by atoms with Crippen molar-refractivity contribution in [2.24, 2.45) is 0 Å². The van der Waals surface area contributed by atoms with E-state index in [1.165, 1.54) is 96.3 Å². The third kappa shape index (κ3) is 8.22. The van der Waals surface area contributed by atoms with Crippen molar-refractivity contribution in [2.75, 3.05) is 5.75 Å². The first kappa shape index (κ1) is 26.9. The number of thioether (sulfide) groups is 1. The van der Waals surface area contributed by atoms with Crippen LogP contribution >= 0.6 is 11.8 Å². The summed E-state index contributed by atoms with van der Waals surface area (Å²) in [5.41, 5.74) is 0.864. The van der Waals surface area contributed by atoms with Crippen molar-refractivity contribution < 1.29 is 14.6 Å². The van der Waals surface area contributed by atoms with E-state index in [1.54, 1.807) is 11.8 Å². The molecule has 1 aliphatic rings. The molecule has 2 aromatic carbocycles. The molecule has 0 unspecified atom stereocenters. The number of carbonyl (C=O) groups excluding carboxylic acids is 1. The summed E-state index contributed by atoms with van der Waals surface area (Å²) in [5.74, 6) is 1.68. The fourth-order valence-electron chi connectivity index (χ4n) is 4.97. The lowest BCUT2D eigenvalue weighted by molar-refractivity contribution is -0.131. The molecule has 4 heteroatoms. The maximum Gasteiger partial charge on any atom is 0.315 e. The molecule has 1 aliphatic heterocycles. The van der Waals surface area contributed by atoms with Crippen molar-refractivity contribution in [1.82, 2.24) is 0 Å². The molecule has 0 fully saturated rings. The Labute approximate surface area is 211 Å². The van der Waals surface area contributed by atoms with Gasteiger partial charge >= 0.3 is 5.97 Å². The fourth-order valence-corrected chi connectivity index (χ4v) is 6.11. The number of hydrogen-bond acceptors (Lipinski definition) is 4. The second kappa shape index (κ2) is 15.3. The molecule has 0 saturated heterocycles. The van der Waals surface area contributed by atoms with Crippen LogP contribution in [0.3, 0.4) is 0 Å². The normalized spacial score (nSPS) is 12.9. The van der Waals surface area contributed by atoms with Crippen molar-refractivity contribution in [1.29, 1.82) is 0 Å². The third-order valence-electron chi connectivity index (χ3n) is 6.97. The van der Waals surface area contributed by atoms with Gasteiger partial charge in [-0.05, 0) is 12.2 Å². The predicted octanol–water partition coefficient (Wildman–Crippen LogP) is 9.36. The highest BCUT2D eigenvalue weighted by Crippen LogP contribution is 2.47. The van der Waals surface area contributed by atoms with Crippen molar-refractivity contribution in [2.45, 2.75) is 121 Å². The molecule has 0 radical (unpaired) electrons. The fraction of sp³-hybridized carbons (Fsp3) is 0.633. The van der Waals surface area contributed by atoms with E-state index in [9.17, 15) is 9.90 Å². The Kier molecular flexibility index (Phi) is 12.1. The van der Waals surface area contributed by atoms with Gasteiger partial charge < -0.3 is 9.84 Å². The summed E-state index contributed by atoms with van der Waals surface area (Å²) in [6, 6.07) is 7.64. The minimum Gasteiger partial charge on any atom is -0.506 e. The Balaban J connectivity index is 1.23. The molecular formula is C30H44O3S. The van der Waals surface area contributed by atoms with Gasteiger partial charge in [0.2, 0.25) is 0 Å². The van der Waals surface area contributed by atoms with Gasteiger partial charge in [0, 0.05) is 16.3 Å². The van der Waals surface area contributed by atoms with Gasteiger partial charge in [-0.15, -0.1) is 11.8 Å². The summed E-state index contributed by atoms with van der Waals surface area (Å²) in [4.78, 5) is 12.8. The van der Waals surface area contributed by atoms with E-state index >= 15 is 0 Å². The topological polar surface area (TPSA) is 46.5 Å². The molecule has 0 amide bonds. The van der Waals surface area contributed by atoms with Gasteiger partial charge in [0.15, 0.2) is 0 Å². The molecule has 3 rings (SSSR count). The lowest BCUT2D eigenvalue weighted by atomic mass is 10.0. The minimum absolute atomic E-state index is 0.227. The van der Waals surface area contributed by atoms with E-state index in [1.807, 2.05) is 24.3 Å². The van der Waals surface area contributed by atoms with Gasteiger partial charge in [0.25, 0.3) is 0 Å². The van der Waals surface area contributed by atoms with E-state index in [-0.39, 0.29) is 12.4 Å². The van der Waals surface area contributed by atoms with Gasteiger partial charge in [0.1, 0.15) is 11.5 Å². The van der Waals surface area contributed by atoms with Gasteiger partial charge in [0.05, 0.1) is 11.3 Å². The summed E-state index contributed by atoms with van der Waals surface area (Å²) in [6.07, 6.45) is 22.2. The van der Waals surface area contributed by atoms with Crippen LogP contribution in [0.5, 0.6) is 11.5 Å². The van der Waals surface area contributed by atoms with Crippen LogP contribution in [0.4, 0.5) is 0 Å². The second-order valence-electron chi connectivity index (χ2n) is 9.83. The number of aromatic hydroxyl groups is 1. The van der Waals surface area contributed by atoms with Crippen molar-refractivity contribution in [3.8, 4) is 11.5 Å². The molecule has 1 heterocycles. The minimum atomic E-state index is -0.227. The standard InChI is InChI=1S/C30H44O3S/c1-2-3-4-5-6-7-8-9-10-11-12-13-14-15-16-19-22-34-30-26-23-27(31)33-29(26)25-21-18-17-20-24(25)28(30)32/h17-18,20-21,32H,2-16,19,22-23H2,1H3. The first-order valence-corrected chi connectivity index (χ1v) is 14.8.